The van der Waals surface area contributed by atoms with Gasteiger partial charge in [-0.2, -0.15) is 0 Å². The monoisotopic (exact) mass is 317 g/mol. The van der Waals surface area contributed by atoms with E-state index in [1.54, 1.807) is 0 Å². The van der Waals surface area contributed by atoms with Crippen molar-refractivity contribution in [2.45, 2.75) is 58.3 Å². The van der Waals surface area contributed by atoms with Gasteiger partial charge in [0.05, 0.1) is 5.41 Å². The van der Waals surface area contributed by atoms with Crippen molar-refractivity contribution in [3.8, 4) is 0 Å². The predicted octanol–water partition coefficient (Wildman–Crippen LogP) is 3.29. The van der Waals surface area contributed by atoms with E-state index in [9.17, 15) is 14.7 Å². The highest BCUT2D eigenvalue weighted by Crippen LogP contribution is 2.44. The molecule has 0 spiro atoms. The largest absolute Gasteiger partial charge is 0.481 e. The van der Waals surface area contributed by atoms with Crippen LogP contribution in [0.1, 0.15) is 57.6 Å². The predicted molar refractivity (Wildman–Crippen MR) is 90.4 cm³/mol. The van der Waals surface area contributed by atoms with Gasteiger partial charge in [0.2, 0.25) is 5.91 Å². The number of aliphatic carboxylic acids is 1. The molecule has 0 bridgehead atoms. The first-order valence-electron chi connectivity index (χ1n) is 8.32. The van der Waals surface area contributed by atoms with E-state index >= 15 is 0 Å². The van der Waals surface area contributed by atoms with Gasteiger partial charge in [-0.05, 0) is 35.8 Å². The van der Waals surface area contributed by atoms with Crippen LogP contribution < -0.4 is 5.32 Å². The minimum absolute atomic E-state index is 0.102. The van der Waals surface area contributed by atoms with Crippen LogP contribution >= 0.6 is 0 Å². The molecule has 1 fully saturated rings. The molecule has 1 aromatic rings. The van der Waals surface area contributed by atoms with Crippen LogP contribution in [0.2, 0.25) is 0 Å². The molecule has 126 valence electrons. The van der Waals surface area contributed by atoms with Gasteiger partial charge in [0.15, 0.2) is 0 Å². The van der Waals surface area contributed by atoms with Crippen LogP contribution in [0.3, 0.4) is 0 Å². The van der Waals surface area contributed by atoms with Gasteiger partial charge in [0, 0.05) is 13.0 Å². The number of nitrogens with one attached hydrogen (secondary N) is 1. The van der Waals surface area contributed by atoms with Crippen LogP contribution in [-0.4, -0.2) is 23.5 Å². The smallest absolute Gasteiger partial charge is 0.310 e. The van der Waals surface area contributed by atoms with Gasteiger partial charge in [-0.25, -0.2) is 0 Å². The number of rotatable bonds is 6. The Labute approximate surface area is 138 Å². The highest BCUT2D eigenvalue weighted by atomic mass is 16.4. The number of carboxylic acid groups (broad SMARTS) is 1. The molecule has 0 radical (unpaired) electrons. The molecular weight excluding hydrogens is 290 g/mol. The maximum absolute atomic E-state index is 12.0. The van der Waals surface area contributed by atoms with Crippen molar-refractivity contribution < 1.29 is 14.7 Å². The SMILES string of the molecule is CC(C)(C)c1ccc(CCNC(=O)CC2(C(=O)O)CCC2)cc1. The Balaban J connectivity index is 1.78. The summed E-state index contributed by atoms with van der Waals surface area (Å²) in [6.07, 6.45) is 3.00. The van der Waals surface area contributed by atoms with E-state index in [1.165, 1.54) is 11.1 Å². The Morgan fingerprint density at radius 3 is 2.22 bits per heavy atom. The second-order valence-corrected chi connectivity index (χ2v) is 7.66. The molecule has 1 aliphatic rings. The van der Waals surface area contributed by atoms with E-state index in [1.807, 2.05) is 0 Å². The third-order valence-electron chi connectivity index (χ3n) is 4.82. The lowest BCUT2D eigenvalue weighted by atomic mass is 9.66. The minimum Gasteiger partial charge on any atom is -0.481 e. The van der Waals surface area contributed by atoms with Gasteiger partial charge in [-0.3, -0.25) is 9.59 Å². The fourth-order valence-corrected chi connectivity index (χ4v) is 2.96. The summed E-state index contributed by atoms with van der Waals surface area (Å²) in [4.78, 5) is 23.2. The lowest BCUT2D eigenvalue weighted by molar-refractivity contribution is -0.157. The summed E-state index contributed by atoms with van der Waals surface area (Å²) in [6.45, 7) is 7.09. The molecule has 0 heterocycles. The maximum Gasteiger partial charge on any atom is 0.310 e. The first-order chi connectivity index (χ1) is 10.7. The van der Waals surface area contributed by atoms with Crippen LogP contribution in [0.4, 0.5) is 0 Å². The zero-order valence-corrected chi connectivity index (χ0v) is 14.3. The van der Waals surface area contributed by atoms with Crippen molar-refractivity contribution in [3.63, 3.8) is 0 Å². The fraction of sp³-hybridized carbons (Fsp3) is 0.579. The maximum atomic E-state index is 12.0. The molecule has 1 amide bonds. The molecule has 2 rings (SSSR count). The third-order valence-corrected chi connectivity index (χ3v) is 4.82. The van der Waals surface area contributed by atoms with Gasteiger partial charge in [-0.15, -0.1) is 0 Å². The molecule has 1 aliphatic carbocycles. The van der Waals surface area contributed by atoms with Gasteiger partial charge in [0.25, 0.3) is 0 Å². The molecule has 2 N–H and O–H groups in total. The number of carbonyl (C=O) groups excluding carboxylic acids is 1. The molecule has 4 heteroatoms. The van der Waals surface area contributed by atoms with E-state index in [4.69, 9.17) is 0 Å². The molecule has 0 unspecified atom stereocenters. The van der Waals surface area contributed by atoms with E-state index in [0.717, 1.165) is 12.8 Å². The Bertz CT molecular complexity index is 565. The molecule has 0 aromatic heterocycles. The van der Waals surface area contributed by atoms with Crippen LogP contribution in [0.5, 0.6) is 0 Å². The summed E-state index contributed by atoms with van der Waals surface area (Å²) in [5, 5.41) is 12.1. The topological polar surface area (TPSA) is 66.4 Å². The Hall–Kier alpha value is -1.84. The van der Waals surface area contributed by atoms with E-state index in [2.05, 4.69) is 50.4 Å². The Morgan fingerprint density at radius 2 is 1.78 bits per heavy atom. The molecule has 0 saturated heterocycles. The quantitative estimate of drug-likeness (QED) is 0.846. The fourth-order valence-electron chi connectivity index (χ4n) is 2.96. The normalized spacial score (nSPS) is 16.5. The number of hydrogen-bond acceptors (Lipinski definition) is 2. The van der Waals surface area contributed by atoms with Crippen molar-refractivity contribution in [2.24, 2.45) is 5.41 Å². The Kier molecular flexibility index (Phi) is 5.12. The molecule has 0 aliphatic heterocycles. The number of carboxylic acids is 1. The van der Waals surface area contributed by atoms with Crippen LogP contribution in [0.25, 0.3) is 0 Å². The number of amides is 1. The lowest BCUT2D eigenvalue weighted by Crippen LogP contribution is -2.42. The second-order valence-electron chi connectivity index (χ2n) is 7.66. The first kappa shape index (κ1) is 17.5. The summed E-state index contributed by atoms with van der Waals surface area (Å²) >= 11 is 0. The highest BCUT2D eigenvalue weighted by molar-refractivity contribution is 5.85. The average Bonchev–Trinajstić information content (AvgIpc) is 2.42. The Morgan fingerprint density at radius 1 is 1.17 bits per heavy atom. The lowest BCUT2D eigenvalue weighted by Gasteiger charge is -2.36. The van der Waals surface area contributed by atoms with Crippen LogP contribution in [0.15, 0.2) is 24.3 Å². The van der Waals surface area contributed by atoms with Crippen molar-refractivity contribution in [1.82, 2.24) is 5.32 Å². The zero-order chi connectivity index (χ0) is 17.1. The average molecular weight is 317 g/mol. The summed E-state index contributed by atoms with van der Waals surface area (Å²) in [5.74, 6) is -0.991. The van der Waals surface area contributed by atoms with E-state index < -0.39 is 11.4 Å². The van der Waals surface area contributed by atoms with Crippen molar-refractivity contribution in [2.75, 3.05) is 6.54 Å². The van der Waals surface area contributed by atoms with Crippen LogP contribution in [0, 0.1) is 5.41 Å². The number of benzene rings is 1. The number of hydrogen-bond donors (Lipinski definition) is 2. The van der Waals surface area contributed by atoms with Gasteiger partial charge < -0.3 is 10.4 Å². The van der Waals surface area contributed by atoms with Crippen LogP contribution in [-0.2, 0) is 21.4 Å². The zero-order valence-electron chi connectivity index (χ0n) is 14.3. The van der Waals surface area contributed by atoms with Gasteiger partial charge >= 0.3 is 5.97 Å². The minimum atomic E-state index is -0.836. The second kappa shape index (κ2) is 6.73. The molecule has 0 atom stereocenters. The molecule has 4 nitrogen and oxygen atoms in total. The van der Waals surface area contributed by atoms with E-state index in [-0.39, 0.29) is 17.7 Å². The van der Waals surface area contributed by atoms with Gasteiger partial charge in [0.1, 0.15) is 0 Å². The van der Waals surface area contributed by atoms with E-state index in [0.29, 0.717) is 19.4 Å². The van der Waals surface area contributed by atoms with Crippen molar-refractivity contribution >= 4 is 11.9 Å². The highest BCUT2D eigenvalue weighted by Gasteiger charge is 2.45. The third kappa shape index (κ3) is 4.34. The first-order valence-corrected chi connectivity index (χ1v) is 8.32. The molecular formula is C19H27NO3. The molecule has 1 saturated carbocycles. The summed E-state index contributed by atoms with van der Waals surface area (Å²) in [6, 6.07) is 8.45. The van der Waals surface area contributed by atoms with Crippen molar-refractivity contribution in [1.29, 1.82) is 0 Å². The molecule has 23 heavy (non-hydrogen) atoms. The number of carbonyl (C=O) groups is 2. The van der Waals surface area contributed by atoms with Crippen molar-refractivity contribution in [3.05, 3.63) is 35.4 Å². The molecule has 1 aromatic carbocycles. The summed E-state index contributed by atoms with van der Waals surface area (Å²) < 4.78 is 0. The standard InChI is InChI=1S/C19H27NO3/c1-18(2,3)15-7-5-14(6-8-15)9-12-20-16(21)13-19(17(22)23)10-4-11-19/h5-8H,4,9-13H2,1-3H3,(H,20,21)(H,22,23). The summed E-state index contributed by atoms with van der Waals surface area (Å²) in [5.41, 5.74) is 1.80. The van der Waals surface area contributed by atoms with Gasteiger partial charge in [-0.1, -0.05) is 51.5 Å². The summed E-state index contributed by atoms with van der Waals surface area (Å²) in [7, 11) is 0.